The van der Waals surface area contributed by atoms with Crippen molar-refractivity contribution in [3.63, 3.8) is 0 Å². The molecule has 0 aliphatic carbocycles. The predicted octanol–water partition coefficient (Wildman–Crippen LogP) is 3.35. The van der Waals surface area contributed by atoms with Crippen LogP contribution in [0.4, 0.5) is 4.79 Å². The van der Waals surface area contributed by atoms with E-state index in [1.807, 2.05) is 52.0 Å². The molecule has 86 valence electrons. The second-order valence-corrected chi connectivity index (χ2v) is 4.65. The molecular formula is C13H17NO2. The summed E-state index contributed by atoms with van der Waals surface area (Å²) in [5.74, 6) is 0. The summed E-state index contributed by atoms with van der Waals surface area (Å²) in [5.41, 5.74) is 1.53. The van der Waals surface area contributed by atoms with E-state index < -0.39 is 11.7 Å². The summed E-state index contributed by atoms with van der Waals surface area (Å²) in [4.78, 5) is 15.0. The van der Waals surface area contributed by atoms with Gasteiger partial charge in [-0.15, -0.1) is 0 Å². The van der Waals surface area contributed by atoms with Crippen molar-refractivity contribution in [2.24, 2.45) is 4.99 Å². The van der Waals surface area contributed by atoms with Gasteiger partial charge in [-0.2, -0.15) is 4.99 Å². The summed E-state index contributed by atoms with van der Waals surface area (Å²) >= 11 is 0. The molecule has 1 amide bonds. The maximum Gasteiger partial charge on any atom is 0.434 e. The van der Waals surface area contributed by atoms with Gasteiger partial charge in [-0.1, -0.05) is 29.8 Å². The molecule has 1 aromatic rings. The third kappa shape index (κ3) is 4.73. The Balaban J connectivity index is 2.64. The minimum absolute atomic E-state index is 0.499. The monoisotopic (exact) mass is 219 g/mol. The van der Waals surface area contributed by atoms with Crippen molar-refractivity contribution in [2.75, 3.05) is 0 Å². The highest BCUT2D eigenvalue weighted by Crippen LogP contribution is 2.08. The Kier molecular flexibility index (Phi) is 3.82. The zero-order valence-corrected chi connectivity index (χ0v) is 10.2. The topological polar surface area (TPSA) is 38.7 Å². The van der Waals surface area contributed by atoms with Gasteiger partial charge in [0.25, 0.3) is 0 Å². The molecule has 0 bridgehead atoms. The smallest absolute Gasteiger partial charge is 0.434 e. The quantitative estimate of drug-likeness (QED) is 0.679. The van der Waals surface area contributed by atoms with Gasteiger partial charge in [-0.05, 0) is 33.3 Å². The molecule has 1 aromatic carbocycles. The molecule has 0 saturated carbocycles. The van der Waals surface area contributed by atoms with Gasteiger partial charge < -0.3 is 4.74 Å². The molecule has 0 saturated heterocycles. The number of ether oxygens (including phenoxy) is 1. The summed E-state index contributed by atoms with van der Waals surface area (Å²) in [6.07, 6.45) is 0.954. The van der Waals surface area contributed by atoms with Gasteiger partial charge in [0, 0.05) is 6.21 Å². The molecule has 3 nitrogen and oxygen atoms in total. The number of aliphatic imine (C=N–C) groups is 1. The number of nitrogens with zero attached hydrogens (tertiary/aromatic N) is 1. The van der Waals surface area contributed by atoms with E-state index in [-0.39, 0.29) is 0 Å². The first-order valence-corrected chi connectivity index (χ1v) is 5.20. The van der Waals surface area contributed by atoms with Crippen molar-refractivity contribution in [3.8, 4) is 0 Å². The van der Waals surface area contributed by atoms with E-state index in [0.29, 0.717) is 0 Å². The third-order valence-electron chi connectivity index (χ3n) is 1.75. The van der Waals surface area contributed by atoms with Gasteiger partial charge >= 0.3 is 6.09 Å². The lowest BCUT2D eigenvalue weighted by Gasteiger charge is -2.17. The van der Waals surface area contributed by atoms with Crippen molar-refractivity contribution < 1.29 is 9.53 Å². The van der Waals surface area contributed by atoms with Crippen LogP contribution in [-0.4, -0.2) is 17.9 Å². The van der Waals surface area contributed by atoms with Gasteiger partial charge in [-0.25, -0.2) is 4.79 Å². The van der Waals surface area contributed by atoms with E-state index in [1.165, 1.54) is 6.21 Å². The van der Waals surface area contributed by atoms with Crippen molar-refractivity contribution in [3.05, 3.63) is 35.4 Å². The lowest BCUT2D eigenvalue weighted by atomic mass is 10.2. The van der Waals surface area contributed by atoms with Gasteiger partial charge in [0.15, 0.2) is 0 Å². The number of carbonyl (C=O) groups is 1. The molecule has 3 heteroatoms. The first kappa shape index (κ1) is 12.4. The Hall–Kier alpha value is -1.64. The van der Waals surface area contributed by atoms with Crippen LogP contribution in [0.2, 0.25) is 0 Å². The largest absolute Gasteiger partial charge is 0.442 e. The molecule has 1 rings (SSSR count). The fourth-order valence-corrected chi connectivity index (χ4v) is 1.17. The van der Waals surface area contributed by atoms with Crippen LogP contribution in [0.15, 0.2) is 29.3 Å². The molecule has 0 heterocycles. The van der Waals surface area contributed by atoms with Crippen LogP contribution in [0, 0.1) is 6.92 Å². The standard InChI is InChI=1S/C13H17NO2/c1-10-6-5-7-11(8-10)9-14-12(15)16-13(2,3)4/h5-9H,1-4H3/b14-9-. The number of hydrogen-bond donors (Lipinski definition) is 0. The molecule has 0 N–H and O–H groups in total. The summed E-state index contributed by atoms with van der Waals surface area (Å²) in [6.45, 7) is 7.43. The molecule has 0 atom stereocenters. The minimum atomic E-state index is -0.561. The van der Waals surface area contributed by atoms with Gasteiger partial charge in [0.1, 0.15) is 5.60 Å². The van der Waals surface area contributed by atoms with E-state index >= 15 is 0 Å². The van der Waals surface area contributed by atoms with Crippen molar-refractivity contribution in [1.29, 1.82) is 0 Å². The molecule has 0 fully saturated rings. The molecule has 0 radical (unpaired) electrons. The highest BCUT2D eigenvalue weighted by atomic mass is 16.6. The molecule has 0 aliphatic rings. The van der Waals surface area contributed by atoms with Crippen LogP contribution in [0.1, 0.15) is 31.9 Å². The first-order chi connectivity index (χ1) is 7.37. The van der Waals surface area contributed by atoms with Crippen molar-refractivity contribution in [2.45, 2.75) is 33.3 Å². The van der Waals surface area contributed by atoms with E-state index in [2.05, 4.69) is 4.99 Å². The average molecular weight is 219 g/mol. The fraction of sp³-hybridized carbons (Fsp3) is 0.385. The molecule has 0 aliphatic heterocycles. The van der Waals surface area contributed by atoms with Gasteiger partial charge in [-0.3, -0.25) is 0 Å². The summed E-state index contributed by atoms with van der Waals surface area (Å²) in [5, 5.41) is 0. The van der Waals surface area contributed by atoms with E-state index in [4.69, 9.17) is 4.74 Å². The number of amides is 1. The van der Waals surface area contributed by atoms with Crippen molar-refractivity contribution >= 4 is 12.3 Å². The Labute approximate surface area is 96.2 Å². The third-order valence-corrected chi connectivity index (χ3v) is 1.75. The number of carbonyl (C=O) groups excluding carboxylic acids is 1. The van der Waals surface area contributed by atoms with Crippen LogP contribution in [0.3, 0.4) is 0 Å². The maximum atomic E-state index is 11.3. The van der Waals surface area contributed by atoms with Gasteiger partial charge in [0.05, 0.1) is 0 Å². The van der Waals surface area contributed by atoms with E-state index in [9.17, 15) is 4.79 Å². The predicted molar refractivity (Wildman–Crippen MR) is 65.0 cm³/mol. The number of hydrogen-bond acceptors (Lipinski definition) is 2. The first-order valence-electron chi connectivity index (χ1n) is 5.20. The average Bonchev–Trinajstić information content (AvgIpc) is 2.12. The van der Waals surface area contributed by atoms with Crippen LogP contribution in [-0.2, 0) is 4.74 Å². The summed E-state index contributed by atoms with van der Waals surface area (Å²) in [7, 11) is 0. The van der Waals surface area contributed by atoms with Crippen LogP contribution < -0.4 is 0 Å². The van der Waals surface area contributed by atoms with E-state index in [0.717, 1.165) is 11.1 Å². The molecule has 0 unspecified atom stereocenters. The maximum absolute atomic E-state index is 11.3. The highest BCUT2D eigenvalue weighted by Gasteiger charge is 2.14. The highest BCUT2D eigenvalue weighted by molar-refractivity contribution is 5.89. The van der Waals surface area contributed by atoms with Crippen LogP contribution in [0.5, 0.6) is 0 Å². The van der Waals surface area contributed by atoms with Gasteiger partial charge in [0.2, 0.25) is 0 Å². The van der Waals surface area contributed by atoms with E-state index in [1.54, 1.807) is 0 Å². The zero-order chi connectivity index (χ0) is 12.2. The number of aryl methyl sites for hydroxylation is 1. The zero-order valence-electron chi connectivity index (χ0n) is 10.2. The SMILES string of the molecule is Cc1cccc(/C=N\C(=O)OC(C)(C)C)c1. The molecule has 16 heavy (non-hydrogen) atoms. The Morgan fingerprint density at radius 2 is 2.06 bits per heavy atom. The normalized spacial score (nSPS) is 11.8. The Bertz CT molecular complexity index is 403. The number of benzene rings is 1. The number of rotatable bonds is 1. The molecule has 0 spiro atoms. The second-order valence-electron chi connectivity index (χ2n) is 4.65. The molecular weight excluding hydrogens is 202 g/mol. The lowest BCUT2D eigenvalue weighted by molar-refractivity contribution is 0.0605. The van der Waals surface area contributed by atoms with Crippen LogP contribution >= 0.6 is 0 Å². The summed E-state index contributed by atoms with van der Waals surface area (Å²) in [6, 6.07) is 7.76. The molecule has 0 aromatic heterocycles. The summed E-state index contributed by atoms with van der Waals surface area (Å²) < 4.78 is 5.05. The Morgan fingerprint density at radius 1 is 1.38 bits per heavy atom. The Morgan fingerprint density at radius 3 is 2.62 bits per heavy atom. The van der Waals surface area contributed by atoms with Crippen LogP contribution in [0.25, 0.3) is 0 Å². The second kappa shape index (κ2) is 4.92. The van der Waals surface area contributed by atoms with Crippen molar-refractivity contribution in [1.82, 2.24) is 0 Å². The lowest BCUT2D eigenvalue weighted by Crippen LogP contribution is -2.21. The minimum Gasteiger partial charge on any atom is -0.442 e. The fourth-order valence-electron chi connectivity index (χ4n) is 1.17.